The molecule has 2 nitrogen and oxygen atoms in total. The summed E-state index contributed by atoms with van der Waals surface area (Å²) >= 11 is 0. The Balaban J connectivity index is 2.35. The quantitative estimate of drug-likeness (QED) is 0.588. The Morgan fingerprint density at radius 2 is 2.00 bits per heavy atom. The Morgan fingerprint density at radius 1 is 1.42 bits per heavy atom. The molecule has 2 atom stereocenters. The third kappa shape index (κ3) is 1.79. The van der Waals surface area contributed by atoms with Gasteiger partial charge in [-0.15, -0.1) is 0 Å². The van der Waals surface area contributed by atoms with Gasteiger partial charge in [-0.25, -0.2) is 0 Å². The van der Waals surface area contributed by atoms with Gasteiger partial charge in [-0.2, -0.15) is 0 Å². The molecule has 0 N–H and O–H groups in total. The number of nitrogens with zero attached hydrogens (tertiary/aromatic N) is 1. The molecule has 1 saturated heterocycles. The third-order valence-electron chi connectivity index (χ3n) is 2.53. The van der Waals surface area contributed by atoms with Gasteiger partial charge in [0.25, 0.3) is 0 Å². The van der Waals surface area contributed by atoms with Crippen LogP contribution in [0.5, 0.6) is 0 Å². The Labute approximate surface area is 74.9 Å². The van der Waals surface area contributed by atoms with Gasteiger partial charge >= 0.3 is 0 Å². The molecule has 1 amide bonds. The molecule has 0 aromatic rings. The van der Waals surface area contributed by atoms with Gasteiger partial charge in [0, 0.05) is 6.54 Å². The van der Waals surface area contributed by atoms with E-state index in [0.717, 1.165) is 13.0 Å². The Bertz CT molecular complexity index is 177. The molecule has 70 valence electrons. The van der Waals surface area contributed by atoms with Gasteiger partial charge < -0.3 is 4.90 Å². The van der Waals surface area contributed by atoms with Crippen LogP contribution in [0, 0.1) is 11.8 Å². The van der Waals surface area contributed by atoms with E-state index in [1.54, 1.807) is 0 Å². The molecule has 0 radical (unpaired) electrons. The minimum Gasteiger partial charge on any atom is -0.329 e. The summed E-state index contributed by atoms with van der Waals surface area (Å²) in [5, 5.41) is 0. The van der Waals surface area contributed by atoms with Crippen molar-refractivity contribution in [3.8, 4) is 0 Å². The van der Waals surface area contributed by atoms with Crippen LogP contribution in [0.1, 0.15) is 34.1 Å². The topological polar surface area (TPSA) is 20.1 Å². The van der Waals surface area contributed by atoms with Gasteiger partial charge in [0.2, 0.25) is 5.91 Å². The van der Waals surface area contributed by atoms with E-state index >= 15 is 0 Å². The predicted molar refractivity (Wildman–Crippen MR) is 49.8 cm³/mol. The standard InChI is InChI=1S/C10H19NO/c1-5-11-9(10(11)12)8(4)6-7(2)3/h7-9H,5-6H2,1-4H3. The van der Waals surface area contributed by atoms with Gasteiger partial charge in [-0.3, -0.25) is 4.79 Å². The zero-order valence-electron chi connectivity index (χ0n) is 8.50. The minimum absolute atomic E-state index is 0.248. The van der Waals surface area contributed by atoms with E-state index in [2.05, 4.69) is 20.8 Å². The Morgan fingerprint density at radius 3 is 2.33 bits per heavy atom. The Hall–Kier alpha value is -0.530. The number of amides is 1. The Kier molecular flexibility index (Phi) is 2.76. The van der Waals surface area contributed by atoms with Crippen molar-refractivity contribution in [2.45, 2.75) is 40.2 Å². The average Bonchev–Trinajstić information content (AvgIpc) is 2.59. The molecule has 1 fully saturated rings. The molecule has 0 aliphatic carbocycles. The van der Waals surface area contributed by atoms with Crippen molar-refractivity contribution in [3.05, 3.63) is 0 Å². The molecule has 0 aromatic carbocycles. The van der Waals surface area contributed by atoms with Crippen molar-refractivity contribution in [1.82, 2.24) is 4.90 Å². The highest BCUT2D eigenvalue weighted by atomic mass is 16.2. The van der Waals surface area contributed by atoms with Crippen LogP contribution >= 0.6 is 0 Å². The summed E-state index contributed by atoms with van der Waals surface area (Å²) in [6.07, 6.45) is 1.16. The van der Waals surface area contributed by atoms with E-state index in [1.807, 2.05) is 11.8 Å². The summed E-state index contributed by atoms with van der Waals surface area (Å²) in [4.78, 5) is 13.1. The minimum atomic E-state index is 0.248. The first kappa shape index (κ1) is 9.56. The maximum atomic E-state index is 11.2. The SMILES string of the molecule is CCN1C(=O)C1C(C)CC(C)C. The number of carbonyl (C=O) groups is 1. The van der Waals surface area contributed by atoms with Crippen LogP contribution in [0.15, 0.2) is 0 Å². The van der Waals surface area contributed by atoms with Crippen molar-refractivity contribution in [1.29, 1.82) is 0 Å². The smallest absolute Gasteiger partial charge is 0.246 e. The van der Waals surface area contributed by atoms with Crippen LogP contribution in [0.2, 0.25) is 0 Å². The highest BCUT2D eigenvalue weighted by Gasteiger charge is 2.47. The second-order valence-electron chi connectivity index (χ2n) is 4.18. The van der Waals surface area contributed by atoms with Crippen LogP contribution in [-0.4, -0.2) is 23.4 Å². The van der Waals surface area contributed by atoms with E-state index < -0.39 is 0 Å². The van der Waals surface area contributed by atoms with E-state index in [1.165, 1.54) is 0 Å². The third-order valence-corrected chi connectivity index (χ3v) is 2.53. The summed E-state index contributed by atoms with van der Waals surface area (Å²) in [5.74, 6) is 1.59. The van der Waals surface area contributed by atoms with Crippen molar-refractivity contribution in [3.63, 3.8) is 0 Å². The van der Waals surface area contributed by atoms with Crippen molar-refractivity contribution in [2.75, 3.05) is 6.54 Å². The van der Waals surface area contributed by atoms with Gasteiger partial charge in [-0.1, -0.05) is 20.8 Å². The fourth-order valence-corrected chi connectivity index (χ4v) is 2.01. The zero-order valence-corrected chi connectivity index (χ0v) is 8.50. The summed E-state index contributed by atoms with van der Waals surface area (Å²) in [7, 11) is 0. The van der Waals surface area contributed by atoms with Crippen LogP contribution in [0.25, 0.3) is 0 Å². The number of carbonyl (C=O) groups excluding carboxylic acids is 1. The normalized spacial score (nSPS) is 24.9. The molecule has 12 heavy (non-hydrogen) atoms. The van der Waals surface area contributed by atoms with Crippen molar-refractivity contribution >= 4 is 5.91 Å². The molecule has 2 heteroatoms. The summed E-state index contributed by atoms with van der Waals surface area (Å²) in [6.45, 7) is 9.52. The summed E-state index contributed by atoms with van der Waals surface area (Å²) < 4.78 is 0. The van der Waals surface area contributed by atoms with Crippen LogP contribution in [0.4, 0.5) is 0 Å². The molecule has 1 aliphatic rings. The molecule has 0 bridgehead atoms. The zero-order chi connectivity index (χ0) is 9.30. The first-order valence-electron chi connectivity index (χ1n) is 4.88. The van der Waals surface area contributed by atoms with Gasteiger partial charge in [0.05, 0.1) is 0 Å². The molecular weight excluding hydrogens is 150 g/mol. The van der Waals surface area contributed by atoms with E-state index in [-0.39, 0.29) is 6.04 Å². The van der Waals surface area contributed by atoms with Gasteiger partial charge in [0.15, 0.2) is 0 Å². The summed E-state index contributed by atoms with van der Waals surface area (Å²) in [6, 6.07) is 0.248. The summed E-state index contributed by atoms with van der Waals surface area (Å²) in [5.41, 5.74) is 0. The lowest BCUT2D eigenvalue weighted by Crippen LogP contribution is -2.12. The maximum absolute atomic E-state index is 11.2. The predicted octanol–water partition coefficient (Wildman–Crippen LogP) is 1.90. The van der Waals surface area contributed by atoms with E-state index in [9.17, 15) is 4.79 Å². The fourth-order valence-electron chi connectivity index (χ4n) is 2.01. The first-order chi connectivity index (χ1) is 5.57. The number of rotatable bonds is 4. The second-order valence-corrected chi connectivity index (χ2v) is 4.18. The van der Waals surface area contributed by atoms with E-state index in [0.29, 0.717) is 17.7 Å². The van der Waals surface area contributed by atoms with Crippen LogP contribution in [-0.2, 0) is 4.79 Å². The fraction of sp³-hybridized carbons (Fsp3) is 0.900. The monoisotopic (exact) mass is 169 g/mol. The van der Waals surface area contributed by atoms with Crippen LogP contribution < -0.4 is 0 Å². The molecule has 0 aromatic heterocycles. The largest absolute Gasteiger partial charge is 0.329 e. The van der Waals surface area contributed by atoms with Crippen molar-refractivity contribution in [2.24, 2.45) is 11.8 Å². The second kappa shape index (κ2) is 3.46. The van der Waals surface area contributed by atoms with E-state index in [4.69, 9.17) is 0 Å². The molecule has 0 spiro atoms. The molecule has 1 aliphatic heterocycles. The van der Waals surface area contributed by atoms with Crippen molar-refractivity contribution < 1.29 is 4.79 Å². The number of hydrogen-bond acceptors (Lipinski definition) is 1. The molecule has 1 heterocycles. The van der Waals surface area contributed by atoms with Gasteiger partial charge in [-0.05, 0) is 25.2 Å². The van der Waals surface area contributed by atoms with Crippen LogP contribution in [0.3, 0.4) is 0 Å². The highest BCUT2D eigenvalue weighted by molar-refractivity contribution is 5.97. The molecular formula is C10H19NO. The highest BCUT2D eigenvalue weighted by Crippen LogP contribution is 2.30. The lowest BCUT2D eigenvalue weighted by molar-refractivity contribution is -0.114. The molecule has 1 rings (SSSR count). The first-order valence-corrected chi connectivity index (χ1v) is 4.88. The molecule has 0 saturated carbocycles. The average molecular weight is 169 g/mol. The molecule has 2 unspecified atom stereocenters. The number of likely N-dealkylation sites (N-methyl/N-ethyl adjacent to an activating group) is 1. The lowest BCUT2D eigenvalue weighted by Gasteiger charge is -2.11. The maximum Gasteiger partial charge on any atom is 0.246 e. The van der Waals surface area contributed by atoms with Gasteiger partial charge in [0.1, 0.15) is 6.04 Å². The number of hydrogen-bond donors (Lipinski definition) is 0. The lowest BCUT2D eigenvalue weighted by atomic mass is 9.96.